The molecule has 3 heterocycles. The molecule has 0 aliphatic carbocycles. The van der Waals surface area contributed by atoms with Crippen LogP contribution in [0.15, 0.2) is 23.8 Å². The van der Waals surface area contributed by atoms with Crippen molar-refractivity contribution < 1.29 is 4.79 Å². The normalized spacial score (nSPS) is 12.7. The van der Waals surface area contributed by atoms with E-state index in [1.165, 1.54) is 22.7 Å². The van der Waals surface area contributed by atoms with Crippen LogP contribution in [0.25, 0.3) is 4.96 Å². The molecule has 3 aromatic heterocycles. The third kappa shape index (κ3) is 2.39. The Hall–Kier alpha value is -1.73. The third-order valence-corrected chi connectivity index (χ3v) is 4.45. The molecule has 0 saturated heterocycles. The van der Waals surface area contributed by atoms with Crippen molar-refractivity contribution in [2.45, 2.75) is 19.9 Å². The zero-order chi connectivity index (χ0) is 13.4. The first kappa shape index (κ1) is 12.3. The molecule has 19 heavy (non-hydrogen) atoms. The minimum absolute atomic E-state index is 0.0603. The van der Waals surface area contributed by atoms with Crippen LogP contribution in [0.4, 0.5) is 0 Å². The van der Waals surface area contributed by atoms with Crippen LogP contribution >= 0.6 is 22.7 Å². The third-order valence-electron chi connectivity index (χ3n) is 2.76. The molecule has 0 aromatic carbocycles. The molecular formula is C12H12N4OS2. The average Bonchev–Trinajstić information content (AvgIpc) is 3.02. The molecule has 98 valence electrons. The van der Waals surface area contributed by atoms with Gasteiger partial charge in [0.1, 0.15) is 5.51 Å². The molecule has 7 heteroatoms. The number of aryl methyl sites for hydroxylation is 1. The summed E-state index contributed by atoms with van der Waals surface area (Å²) in [6.45, 7) is 3.91. The number of hydrogen-bond donors (Lipinski definition) is 1. The van der Waals surface area contributed by atoms with E-state index in [4.69, 9.17) is 0 Å². The van der Waals surface area contributed by atoms with Gasteiger partial charge in [0.2, 0.25) is 4.96 Å². The number of rotatable bonds is 3. The standard InChI is InChI=1S/C12H12N4OS2/c1-7-3-4-10(19-7)11(17)14-8(2)9-5-16-12(15-9)18-6-13-16/h3-6,8H,1-2H3,(H,14,17)/t8-/m0/s1. The van der Waals surface area contributed by atoms with Crippen molar-refractivity contribution in [2.24, 2.45) is 0 Å². The van der Waals surface area contributed by atoms with Gasteiger partial charge in [0.25, 0.3) is 5.91 Å². The molecule has 0 aliphatic heterocycles. The topological polar surface area (TPSA) is 59.3 Å². The first-order valence-electron chi connectivity index (χ1n) is 5.79. The summed E-state index contributed by atoms with van der Waals surface area (Å²) >= 11 is 2.97. The van der Waals surface area contributed by atoms with Gasteiger partial charge in [0.05, 0.1) is 22.8 Å². The summed E-state index contributed by atoms with van der Waals surface area (Å²) in [4.78, 5) is 19.2. The lowest BCUT2D eigenvalue weighted by atomic mass is 10.2. The van der Waals surface area contributed by atoms with Crippen molar-refractivity contribution in [1.82, 2.24) is 19.9 Å². The molecule has 1 N–H and O–H groups in total. The SMILES string of the molecule is Cc1ccc(C(=O)N[C@@H](C)c2cn3ncsc3n2)s1. The predicted molar refractivity (Wildman–Crippen MR) is 75.8 cm³/mol. The highest BCUT2D eigenvalue weighted by molar-refractivity contribution is 7.14. The van der Waals surface area contributed by atoms with Crippen LogP contribution in [-0.4, -0.2) is 20.5 Å². The second-order valence-corrected chi connectivity index (χ2v) is 6.34. The number of imidazole rings is 1. The van der Waals surface area contributed by atoms with Crippen LogP contribution in [0.3, 0.4) is 0 Å². The van der Waals surface area contributed by atoms with Gasteiger partial charge >= 0.3 is 0 Å². The molecular weight excluding hydrogens is 280 g/mol. The smallest absolute Gasteiger partial charge is 0.261 e. The Bertz CT molecular complexity index is 698. The molecule has 0 saturated carbocycles. The van der Waals surface area contributed by atoms with Crippen LogP contribution in [0, 0.1) is 6.92 Å². The maximum absolute atomic E-state index is 12.0. The number of carbonyl (C=O) groups excluding carboxylic acids is 1. The van der Waals surface area contributed by atoms with Crippen molar-refractivity contribution >= 4 is 33.5 Å². The van der Waals surface area contributed by atoms with Crippen molar-refractivity contribution in [3.8, 4) is 0 Å². The predicted octanol–water partition coefficient (Wildman–Crippen LogP) is 2.65. The number of fused-ring (bicyclic) bond motifs is 1. The van der Waals surface area contributed by atoms with E-state index < -0.39 is 0 Å². The first-order chi connectivity index (χ1) is 9.13. The maximum Gasteiger partial charge on any atom is 0.261 e. The van der Waals surface area contributed by atoms with E-state index >= 15 is 0 Å². The number of hydrogen-bond acceptors (Lipinski definition) is 5. The molecule has 0 fully saturated rings. The number of carbonyl (C=O) groups is 1. The second kappa shape index (κ2) is 4.75. The van der Waals surface area contributed by atoms with E-state index in [2.05, 4.69) is 15.4 Å². The van der Waals surface area contributed by atoms with Gasteiger partial charge in [0.15, 0.2) is 0 Å². The summed E-state index contributed by atoms with van der Waals surface area (Å²) in [5, 5.41) is 7.07. The van der Waals surface area contributed by atoms with Gasteiger partial charge in [-0.1, -0.05) is 11.3 Å². The Morgan fingerprint density at radius 2 is 2.32 bits per heavy atom. The molecule has 0 spiro atoms. The Morgan fingerprint density at radius 3 is 3.00 bits per heavy atom. The number of amides is 1. The van der Waals surface area contributed by atoms with Gasteiger partial charge < -0.3 is 5.32 Å². The van der Waals surface area contributed by atoms with E-state index in [0.29, 0.717) is 0 Å². The lowest BCUT2D eigenvalue weighted by Crippen LogP contribution is -2.26. The van der Waals surface area contributed by atoms with Crippen LogP contribution < -0.4 is 5.32 Å². The summed E-state index contributed by atoms with van der Waals surface area (Å²) in [5.74, 6) is -0.0603. The molecule has 3 aromatic rings. The van der Waals surface area contributed by atoms with Crippen LogP contribution in [-0.2, 0) is 0 Å². The highest BCUT2D eigenvalue weighted by atomic mass is 32.1. The fraction of sp³-hybridized carbons (Fsp3) is 0.250. The van der Waals surface area contributed by atoms with Gasteiger partial charge in [-0.25, -0.2) is 9.50 Å². The molecule has 1 atom stereocenters. The number of nitrogens with zero attached hydrogens (tertiary/aromatic N) is 3. The number of nitrogens with one attached hydrogen (secondary N) is 1. The Kier molecular flexibility index (Phi) is 3.08. The van der Waals surface area contributed by atoms with Crippen LogP contribution in [0.5, 0.6) is 0 Å². The molecule has 0 aliphatic rings. The lowest BCUT2D eigenvalue weighted by Gasteiger charge is -2.10. The van der Waals surface area contributed by atoms with Gasteiger partial charge in [-0.05, 0) is 26.0 Å². The zero-order valence-corrected chi connectivity index (χ0v) is 12.1. The van der Waals surface area contributed by atoms with E-state index in [1.54, 1.807) is 10.0 Å². The van der Waals surface area contributed by atoms with E-state index in [9.17, 15) is 4.79 Å². The highest BCUT2D eigenvalue weighted by Crippen LogP contribution is 2.18. The van der Waals surface area contributed by atoms with Gasteiger partial charge in [-0.15, -0.1) is 11.3 Å². The monoisotopic (exact) mass is 292 g/mol. The molecule has 0 radical (unpaired) electrons. The Labute approximate surface area is 117 Å². The summed E-state index contributed by atoms with van der Waals surface area (Å²) < 4.78 is 1.72. The molecule has 5 nitrogen and oxygen atoms in total. The van der Waals surface area contributed by atoms with Crippen molar-refractivity contribution in [2.75, 3.05) is 0 Å². The minimum Gasteiger partial charge on any atom is -0.343 e. The largest absolute Gasteiger partial charge is 0.343 e. The highest BCUT2D eigenvalue weighted by Gasteiger charge is 2.16. The Balaban J connectivity index is 1.75. The lowest BCUT2D eigenvalue weighted by molar-refractivity contribution is 0.0943. The van der Waals surface area contributed by atoms with E-state index in [1.807, 2.05) is 32.2 Å². The summed E-state index contributed by atoms with van der Waals surface area (Å²) in [5.41, 5.74) is 2.56. The van der Waals surface area contributed by atoms with Crippen molar-refractivity contribution in [1.29, 1.82) is 0 Å². The van der Waals surface area contributed by atoms with Crippen LogP contribution in [0.2, 0.25) is 0 Å². The molecule has 0 bridgehead atoms. The zero-order valence-electron chi connectivity index (χ0n) is 10.5. The molecule has 0 unspecified atom stereocenters. The van der Waals surface area contributed by atoms with Crippen LogP contribution in [0.1, 0.15) is 33.2 Å². The van der Waals surface area contributed by atoms with E-state index in [-0.39, 0.29) is 11.9 Å². The number of aromatic nitrogens is 3. The van der Waals surface area contributed by atoms with Crippen molar-refractivity contribution in [3.63, 3.8) is 0 Å². The summed E-state index contributed by atoms with van der Waals surface area (Å²) in [6.07, 6.45) is 1.84. The Morgan fingerprint density at radius 1 is 1.47 bits per heavy atom. The van der Waals surface area contributed by atoms with Gasteiger partial charge in [0, 0.05) is 4.88 Å². The second-order valence-electron chi connectivity index (χ2n) is 4.24. The van der Waals surface area contributed by atoms with E-state index in [0.717, 1.165) is 20.4 Å². The fourth-order valence-electron chi connectivity index (χ4n) is 1.76. The fourth-order valence-corrected chi connectivity index (χ4v) is 3.14. The molecule has 3 rings (SSSR count). The average molecular weight is 292 g/mol. The van der Waals surface area contributed by atoms with Gasteiger partial charge in [-0.2, -0.15) is 5.10 Å². The summed E-state index contributed by atoms with van der Waals surface area (Å²) in [6, 6.07) is 3.65. The maximum atomic E-state index is 12.0. The quantitative estimate of drug-likeness (QED) is 0.807. The van der Waals surface area contributed by atoms with Gasteiger partial charge in [-0.3, -0.25) is 4.79 Å². The first-order valence-corrected chi connectivity index (χ1v) is 7.49. The number of thiophene rings is 1. The minimum atomic E-state index is -0.135. The van der Waals surface area contributed by atoms with Crippen molar-refractivity contribution in [3.05, 3.63) is 39.3 Å². The molecule has 1 amide bonds. The summed E-state index contributed by atoms with van der Waals surface area (Å²) in [7, 11) is 0.